The van der Waals surface area contributed by atoms with Gasteiger partial charge < -0.3 is 9.52 Å². The van der Waals surface area contributed by atoms with Gasteiger partial charge in [-0.3, -0.25) is 18.6 Å². The van der Waals surface area contributed by atoms with Crippen molar-refractivity contribution in [2.45, 2.75) is 72.1 Å². The lowest BCUT2D eigenvalue weighted by atomic mass is 9.35. The SMILES string of the molecule is C[C@H]1C[C@@H]2[C@](C)([C@@H](O)C[C@@]3(C)[C@@]2(C)C[C@H]2CN(Cc4ccco4)O[C@]23C(=O)COS(C)(=O)=O)[C@@]2(C)C=CC(=O)C=C12. The molecule has 6 rings (SSSR count). The van der Waals surface area contributed by atoms with Crippen LogP contribution in [0, 0.1) is 39.4 Å². The van der Waals surface area contributed by atoms with Gasteiger partial charge in [0.2, 0.25) is 0 Å². The first-order valence-electron chi connectivity index (χ1n) is 14.5. The van der Waals surface area contributed by atoms with Gasteiger partial charge >= 0.3 is 0 Å². The molecule has 1 saturated heterocycles. The third kappa shape index (κ3) is 3.70. The van der Waals surface area contributed by atoms with Crippen molar-refractivity contribution in [2.75, 3.05) is 19.4 Å². The minimum atomic E-state index is -3.87. The average Bonchev–Trinajstić information content (AvgIpc) is 3.56. The quantitative estimate of drug-likeness (QED) is 0.495. The largest absolute Gasteiger partial charge is 0.468 e. The molecular weight excluding hydrogens is 546 g/mol. The molecule has 3 saturated carbocycles. The van der Waals surface area contributed by atoms with Crippen molar-refractivity contribution in [3.05, 3.63) is 48.0 Å². The van der Waals surface area contributed by atoms with E-state index in [1.54, 1.807) is 29.5 Å². The molecule has 9 nitrogen and oxygen atoms in total. The number of carbonyl (C=O) groups excluding carboxylic acids is 2. The zero-order valence-electron chi connectivity index (χ0n) is 24.7. The Kier molecular flexibility index (Phi) is 6.33. The van der Waals surface area contributed by atoms with Crippen molar-refractivity contribution >= 4 is 21.7 Å². The summed E-state index contributed by atoms with van der Waals surface area (Å²) in [6.07, 6.45) is 8.78. The summed E-state index contributed by atoms with van der Waals surface area (Å²) in [7, 11) is -3.87. The number of furan rings is 1. The van der Waals surface area contributed by atoms with E-state index in [0.717, 1.165) is 18.2 Å². The van der Waals surface area contributed by atoms with Crippen LogP contribution in [0.3, 0.4) is 0 Å². The van der Waals surface area contributed by atoms with Crippen molar-refractivity contribution < 1.29 is 36.6 Å². The Labute approximate surface area is 242 Å². The second-order valence-corrected chi connectivity index (χ2v) is 15.6. The van der Waals surface area contributed by atoms with Gasteiger partial charge in [-0.05, 0) is 60.8 Å². The maximum atomic E-state index is 14.3. The van der Waals surface area contributed by atoms with Crippen molar-refractivity contribution in [1.29, 1.82) is 0 Å². The lowest BCUT2D eigenvalue weighted by Gasteiger charge is -2.70. The lowest BCUT2D eigenvalue weighted by Crippen LogP contribution is -2.70. The van der Waals surface area contributed by atoms with Crippen LogP contribution in [0.5, 0.6) is 0 Å². The number of hydrogen-bond acceptors (Lipinski definition) is 9. The summed E-state index contributed by atoms with van der Waals surface area (Å²) < 4.78 is 34.5. The number of nitrogens with zero attached hydrogens (tertiary/aromatic N) is 1. The minimum absolute atomic E-state index is 0.00743. The summed E-state index contributed by atoms with van der Waals surface area (Å²) in [6.45, 7) is 10.9. The van der Waals surface area contributed by atoms with Gasteiger partial charge in [0.15, 0.2) is 17.2 Å². The second-order valence-electron chi connectivity index (χ2n) is 14.0. The van der Waals surface area contributed by atoms with Crippen LogP contribution in [0.15, 0.2) is 46.6 Å². The molecule has 0 amide bonds. The normalized spacial score (nSPS) is 45.5. The molecule has 4 aliphatic carbocycles. The number of rotatable bonds is 6. The zero-order valence-corrected chi connectivity index (χ0v) is 25.5. The van der Waals surface area contributed by atoms with Gasteiger partial charge in [0.1, 0.15) is 12.4 Å². The molecule has 2 heterocycles. The number of fused-ring (bicyclic) bond motifs is 7. The van der Waals surface area contributed by atoms with Crippen LogP contribution >= 0.6 is 0 Å². The van der Waals surface area contributed by atoms with E-state index < -0.39 is 55.9 Å². The van der Waals surface area contributed by atoms with Crippen LogP contribution in [-0.2, 0) is 35.3 Å². The van der Waals surface area contributed by atoms with Gasteiger partial charge in [-0.25, -0.2) is 0 Å². The van der Waals surface area contributed by atoms with Crippen LogP contribution in [0.1, 0.15) is 59.6 Å². The second kappa shape index (κ2) is 8.95. The summed E-state index contributed by atoms with van der Waals surface area (Å²) in [6, 6.07) is 3.64. The molecule has 0 unspecified atom stereocenters. The highest BCUT2D eigenvalue weighted by Gasteiger charge is 2.81. The summed E-state index contributed by atoms with van der Waals surface area (Å²) in [4.78, 5) is 33.4. The Morgan fingerprint density at radius 1 is 1.22 bits per heavy atom. The monoisotopic (exact) mass is 587 g/mol. The minimum Gasteiger partial charge on any atom is -0.468 e. The van der Waals surface area contributed by atoms with E-state index in [2.05, 4.69) is 27.7 Å². The van der Waals surface area contributed by atoms with Crippen molar-refractivity contribution in [1.82, 2.24) is 5.06 Å². The van der Waals surface area contributed by atoms with Gasteiger partial charge in [-0.1, -0.05) is 46.3 Å². The van der Waals surface area contributed by atoms with E-state index in [0.29, 0.717) is 25.3 Å². The molecule has 5 aliphatic rings. The maximum absolute atomic E-state index is 14.3. The molecule has 0 radical (unpaired) electrons. The Balaban J connectivity index is 1.46. The Hall–Kier alpha value is -2.11. The van der Waals surface area contributed by atoms with Crippen LogP contribution in [-0.4, -0.2) is 61.3 Å². The molecule has 10 heteroatoms. The topological polar surface area (TPSA) is 123 Å². The third-order valence-corrected chi connectivity index (χ3v) is 12.8. The summed E-state index contributed by atoms with van der Waals surface area (Å²) >= 11 is 0. The zero-order chi connectivity index (χ0) is 29.8. The first-order valence-corrected chi connectivity index (χ1v) is 16.3. The summed E-state index contributed by atoms with van der Waals surface area (Å²) in [5.74, 6) is 0.0963. The molecule has 0 spiro atoms. The van der Waals surface area contributed by atoms with Crippen LogP contribution in [0.2, 0.25) is 0 Å². The first kappa shape index (κ1) is 29.0. The lowest BCUT2D eigenvalue weighted by molar-refractivity contribution is -0.285. The van der Waals surface area contributed by atoms with E-state index >= 15 is 0 Å². The van der Waals surface area contributed by atoms with Crippen LogP contribution in [0.4, 0.5) is 0 Å². The highest BCUT2D eigenvalue weighted by atomic mass is 32.2. The Morgan fingerprint density at radius 3 is 2.61 bits per heavy atom. The maximum Gasteiger partial charge on any atom is 0.264 e. The highest BCUT2D eigenvalue weighted by molar-refractivity contribution is 7.86. The predicted octanol–water partition coefficient (Wildman–Crippen LogP) is 3.84. The summed E-state index contributed by atoms with van der Waals surface area (Å²) in [5.41, 5.74) is -2.75. The molecule has 1 aromatic rings. The fourth-order valence-electron chi connectivity index (χ4n) is 10.1. The number of carbonyl (C=O) groups is 2. The number of aliphatic hydroxyl groups is 1. The predicted molar refractivity (Wildman–Crippen MR) is 149 cm³/mol. The van der Waals surface area contributed by atoms with Crippen molar-refractivity contribution in [3.63, 3.8) is 0 Å². The van der Waals surface area contributed by atoms with E-state index in [-0.39, 0.29) is 30.0 Å². The standard InChI is InChI=1S/C31H41NO8S/c1-19-12-24-28(3)14-20-16-32(17-22-8-7-11-38-22)40-31(20,26(35)18-39-41(6,36)37)29(28,4)15-25(34)30(24,5)27(2)10-9-21(33)13-23(19)27/h7-11,13,19-20,24-25,34H,12,14-18H2,1-6H3/t19-,20-,24-,25-,27-,28-,29-,30+,31-/m0/s1. The molecule has 1 N–H and O–H groups in total. The molecule has 0 bridgehead atoms. The molecule has 41 heavy (non-hydrogen) atoms. The van der Waals surface area contributed by atoms with E-state index in [1.165, 1.54) is 0 Å². The number of hydrogen-bond donors (Lipinski definition) is 1. The first-order chi connectivity index (χ1) is 19.0. The van der Waals surface area contributed by atoms with Gasteiger partial charge in [-0.2, -0.15) is 13.5 Å². The number of hydroxylamine groups is 2. The van der Waals surface area contributed by atoms with Gasteiger partial charge in [0.25, 0.3) is 10.1 Å². The fourth-order valence-corrected chi connectivity index (χ4v) is 10.4. The van der Waals surface area contributed by atoms with Gasteiger partial charge in [0.05, 0.1) is 25.2 Å². The van der Waals surface area contributed by atoms with Crippen LogP contribution in [0.25, 0.3) is 0 Å². The van der Waals surface area contributed by atoms with Crippen LogP contribution < -0.4 is 0 Å². The smallest absolute Gasteiger partial charge is 0.264 e. The molecule has 4 fully saturated rings. The number of allylic oxidation sites excluding steroid dienone is 4. The van der Waals surface area contributed by atoms with Gasteiger partial charge in [0, 0.05) is 28.7 Å². The molecule has 224 valence electrons. The molecular formula is C31H41NO8S. The van der Waals surface area contributed by atoms with E-state index in [1.807, 2.05) is 19.1 Å². The van der Waals surface area contributed by atoms with Crippen molar-refractivity contribution in [3.8, 4) is 0 Å². The van der Waals surface area contributed by atoms with Crippen molar-refractivity contribution in [2.24, 2.45) is 39.4 Å². The molecule has 0 aromatic carbocycles. The highest BCUT2D eigenvalue weighted by Crippen LogP contribution is 2.79. The number of Topliss-reactive ketones (excluding diaryl/α,β-unsaturated/α-hetero) is 1. The molecule has 1 aromatic heterocycles. The average molecular weight is 588 g/mol. The molecule has 9 atom stereocenters. The van der Waals surface area contributed by atoms with E-state index in [9.17, 15) is 23.1 Å². The molecule has 1 aliphatic heterocycles. The third-order valence-electron chi connectivity index (χ3n) is 12.3. The van der Waals surface area contributed by atoms with E-state index in [4.69, 9.17) is 13.4 Å². The Bertz CT molecular complexity index is 1450. The fraction of sp³-hybridized carbons (Fsp3) is 0.677. The number of aliphatic hydroxyl groups excluding tert-OH is 1. The summed E-state index contributed by atoms with van der Waals surface area (Å²) in [5, 5.41) is 14.0. The number of ketones is 2. The van der Waals surface area contributed by atoms with Gasteiger partial charge in [-0.15, -0.1) is 0 Å². The Morgan fingerprint density at radius 2 is 1.95 bits per heavy atom.